The second-order valence-corrected chi connectivity index (χ2v) is 15.3. The first kappa shape index (κ1) is 36.4. The van der Waals surface area contributed by atoms with E-state index in [4.69, 9.17) is 0 Å². The molecule has 4 atom stereocenters. The van der Waals surface area contributed by atoms with Crippen LogP contribution in [-0.4, -0.2) is 109 Å². The van der Waals surface area contributed by atoms with E-state index >= 15 is 0 Å². The van der Waals surface area contributed by atoms with Gasteiger partial charge < -0.3 is 20.8 Å². The number of hydrogen-bond donors (Lipinski definition) is 4. The van der Waals surface area contributed by atoms with Crippen LogP contribution in [0.5, 0.6) is 0 Å². The molecule has 3 amide bonds. The fourth-order valence-electron chi connectivity index (χ4n) is 5.85. The molecule has 1 aliphatic rings. The van der Waals surface area contributed by atoms with Crippen molar-refractivity contribution in [3.63, 3.8) is 0 Å². The highest BCUT2D eigenvalue weighted by Crippen LogP contribution is 2.21. The van der Waals surface area contributed by atoms with Gasteiger partial charge in [-0.25, -0.2) is 4.79 Å². The maximum Gasteiger partial charge on any atom is 0.408 e. The zero-order chi connectivity index (χ0) is 34.1. The minimum absolute atomic E-state index is 0.0263. The number of thiazole rings is 2. The first-order valence-corrected chi connectivity index (χ1v) is 17.6. The van der Waals surface area contributed by atoms with Crippen molar-refractivity contribution in [1.29, 1.82) is 0 Å². The Morgan fingerprint density at radius 2 is 1.70 bits per heavy atom. The molecule has 0 radical (unpaired) electrons. The monoisotopic (exact) mass is 685 g/mol. The summed E-state index contributed by atoms with van der Waals surface area (Å²) in [5, 5.41) is 28.1. The lowest BCUT2D eigenvalue weighted by Crippen LogP contribution is -2.63. The van der Waals surface area contributed by atoms with E-state index in [0.717, 1.165) is 20.2 Å². The third-order valence-electron chi connectivity index (χ3n) is 8.04. The summed E-state index contributed by atoms with van der Waals surface area (Å²) in [6, 6.07) is 7.28. The van der Waals surface area contributed by atoms with E-state index in [1.54, 1.807) is 42.4 Å². The minimum atomic E-state index is -1.21. The molecule has 3 aromatic rings. The van der Waals surface area contributed by atoms with Crippen LogP contribution in [0.25, 0.3) is 0 Å². The second kappa shape index (κ2) is 16.6. The first-order chi connectivity index (χ1) is 22.3. The Morgan fingerprint density at radius 3 is 2.28 bits per heavy atom. The average molecular weight is 686 g/mol. The van der Waals surface area contributed by atoms with Gasteiger partial charge in [-0.15, -0.1) is 22.7 Å². The number of β-amino-alcohol motifs (C(OH)–C–C–N with tert-alkyl or cyclic N) is 1. The summed E-state index contributed by atoms with van der Waals surface area (Å²) in [6.45, 7) is 12.0. The molecule has 1 aliphatic heterocycles. The predicted octanol–water partition coefficient (Wildman–Crippen LogP) is 3.29. The van der Waals surface area contributed by atoms with E-state index in [9.17, 15) is 24.6 Å². The number of carboxylic acid groups (broad SMARTS) is 1. The smallest absolute Gasteiger partial charge is 0.408 e. The van der Waals surface area contributed by atoms with E-state index in [-0.39, 0.29) is 24.9 Å². The van der Waals surface area contributed by atoms with Gasteiger partial charge in [0.15, 0.2) is 0 Å². The van der Waals surface area contributed by atoms with Crippen LogP contribution in [0.3, 0.4) is 0 Å². The Hall–Kier alpha value is -3.43. The highest BCUT2D eigenvalue weighted by molar-refractivity contribution is 7.09. The molecule has 1 saturated heterocycles. The molecule has 0 bridgehead atoms. The van der Waals surface area contributed by atoms with Crippen molar-refractivity contribution in [1.82, 2.24) is 35.3 Å². The van der Waals surface area contributed by atoms with Crippen LogP contribution in [0.1, 0.15) is 49.9 Å². The van der Waals surface area contributed by atoms with E-state index in [1.165, 1.54) is 11.3 Å². The maximum atomic E-state index is 14.0. The number of amides is 3. The third-order valence-corrected chi connectivity index (χ3v) is 9.57. The van der Waals surface area contributed by atoms with E-state index in [2.05, 4.69) is 25.5 Å². The molecular formula is C33H47N7O5S2. The molecule has 256 valence electrons. The largest absolute Gasteiger partial charge is 0.465 e. The van der Waals surface area contributed by atoms with Crippen LogP contribution in [-0.2, 0) is 29.1 Å². The van der Waals surface area contributed by atoms with Gasteiger partial charge in [0.25, 0.3) is 0 Å². The molecule has 3 heterocycles. The summed E-state index contributed by atoms with van der Waals surface area (Å²) >= 11 is 2.90. The zero-order valence-corrected chi connectivity index (χ0v) is 29.3. The number of nitrogens with zero attached hydrogens (tertiary/aromatic N) is 5. The summed E-state index contributed by atoms with van der Waals surface area (Å²) in [5.41, 5.74) is 3.90. The van der Waals surface area contributed by atoms with Crippen LogP contribution in [0.2, 0.25) is 0 Å². The number of rotatable bonds is 14. The number of hydrogen-bond acceptors (Lipinski definition) is 10. The van der Waals surface area contributed by atoms with Crippen molar-refractivity contribution < 1.29 is 24.6 Å². The molecule has 1 fully saturated rings. The van der Waals surface area contributed by atoms with Crippen molar-refractivity contribution in [3.05, 3.63) is 69.1 Å². The van der Waals surface area contributed by atoms with Crippen LogP contribution in [0, 0.1) is 5.92 Å². The molecule has 0 spiro atoms. The number of carbonyl (C=O) groups is 3. The standard InChI is InChI=1S/C33H47N7O5S2/c1-22(2)29(40(32(44)45)17-25-15-35-21-47-25)31(43)36-26(13-23-9-7-6-8-10-23)28(41)19-39-12-11-38(16-24-14-34-20-46-24)18-27(39)30(42)37-33(3,4)5/h6-10,14-15,20-22,26-29,41H,11-13,16-19H2,1-5H3,(H,36,43)(H,37,42)(H,44,45). The van der Waals surface area contributed by atoms with E-state index in [0.29, 0.717) is 32.6 Å². The zero-order valence-electron chi connectivity index (χ0n) is 27.7. The molecule has 2 aromatic heterocycles. The molecule has 0 saturated carbocycles. The van der Waals surface area contributed by atoms with Gasteiger partial charge in [0, 0.05) is 60.4 Å². The Bertz CT molecular complexity index is 1420. The molecule has 14 heteroatoms. The Kier molecular flexibility index (Phi) is 12.9. The highest BCUT2D eigenvalue weighted by atomic mass is 32.1. The molecule has 4 rings (SSSR count). The number of benzene rings is 1. The van der Waals surface area contributed by atoms with Crippen molar-refractivity contribution in [3.8, 4) is 0 Å². The van der Waals surface area contributed by atoms with Gasteiger partial charge >= 0.3 is 6.09 Å². The summed E-state index contributed by atoms with van der Waals surface area (Å²) in [7, 11) is 0. The summed E-state index contributed by atoms with van der Waals surface area (Å²) < 4.78 is 0. The Morgan fingerprint density at radius 1 is 1.04 bits per heavy atom. The predicted molar refractivity (Wildman–Crippen MR) is 183 cm³/mol. The third kappa shape index (κ3) is 10.8. The van der Waals surface area contributed by atoms with Gasteiger partial charge in [-0.2, -0.15) is 0 Å². The second-order valence-electron chi connectivity index (χ2n) is 13.4. The number of aliphatic hydroxyl groups is 1. The molecular weight excluding hydrogens is 639 g/mol. The first-order valence-electron chi connectivity index (χ1n) is 15.9. The van der Waals surface area contributed by atoms with Gasteiger partial charge in [0.05, 0.1) is 29.7 Å². The molecule has 4 unspecified atom stereocenters. The normalized spacial score (nSPS) is 18.0. The van der Waals surface area contributed by atoms with Crippen LogP contribution < -0.4 is 10.6 Å². The molecule has 0 aliphatic carbocycles. The summed E-state index contributed by atoms with van der Waals surface area (Å²) in [4.78, 5) is 55.4. The number of aromatic nitrogens is 2. The van der Waals surface area contributed by atoms with Gasteiger partial charge in [-0.3, -0.25) is 34.3 Å². The van der Waals surface area contributed by atoms with Crippen LogP contribution >= 0.6 is 22.7 Å². The fourth-order valence-corrected chi connectivity index (χ4v) is 7.07. The quantitative estimate of drug-likeness (QED) is 0.200. The maximum absolute atomic E-state index is 14.0. The van der Waals surface area contributed by atoms with Gasteiger partial charge in [-0.05, 0) is 38.7 Å². The molecule has 4 N–H and O–H groups in total. The topological polar surface area (TPSA) is 151 Å². The van der Waals surface area contributed by atoms with Crippen molar-refractivity contribution in [2.24, 2.45) is 5.92 Å². The SMILES string of the molecule is CC(C)C(C(=O)NC(Cc1ccccc1)C(O)CN1CCN(Cc2cncs2)CC1C(=O)NC(C)(C)C)N(Cc1cncs1)C(=O)O. The van der Waals surface area contributed by atoms with Gasteiger partial charge in [0.1, 0.15) is 12.1 Å². The van der Waals surface area contributed by atoms with Crippen molar-refractivity contribution in [2.45, 2.75) is 83.9 Å². The average Bonchev–Trinajstić information content (AvgIpc) is 3.71. The molecule has 1 aromatic carbocycles. The number of piperazine rings is 1. The van der Waals surface area contributed by atoms with Crippen molar-refractivity contribution in [2.75, 3.05) is 26.2 Å². The van der Waals surface area contributed by atoms with Gasteiger partial charge in [-0.1, -0.05) is 44.2 Å². The minimum Gasteiger partial charge on any atom is -0.465 e. The summed E-state index contributed by atoms with van der Waals surface area (Å²) in [6.07, 6.45) is 1.50. The summed E-state index contributed by atoms with van der Waals surface area (Å²) in [5.74, 6) is -0.948. The Balaban J connectivity index is 1.55. The number of nitrogens with one attached hydrogen (secondary N) is 2. The lowest BCUT2D eigenvalue weighted by Gasteiger charge is -2.43. The van der Waals surface area contributed by atoms with Crippen LogP contribution in [0.4, 0.5) is 4.79 Å². The highest BCUT2D eigenvalue weighted by Gasteiger charge is 2.38. The van der Waals surface area contributed by atoms with Gasteiger partial charge in [0.2, 0.25) is 11.8 Å². The molecule has 12 nitrogen and oxygen atoms in total. The molecule has 47 heavy (non-hydrogen) atoms. The van der Waals surface area contributed by atoms with Crippen LogP contribution in [0.15, 0.2) is 53.7 Å². The van der Waals surface area contributed by atoms with E-state index in [1.807, 2.05) is 62.2 Å². The number of carbonyl (C=O) groups excluding carboxylic acids is 2. The number of aliphatic hydroxyl groups excluding tert-OH is 1. The van der Waals surface area contributed by atoms with Crippen molar-refractivity contribution >= 4 is 40.6 Å². The lowest BCUT2D eigenvalue weighted by molar-refractivity contribution is -0.133. The van der Waals surface area contributed by atoms with E-state index < -0.39 is 41.8 Å². The Labute approximate surface area is 284 Å². The fraction of sp³-hybridized carbons (Fsp3) is 0.545. The lowest BCUT2D eigenvalue weighted by atomic mass is 9.97.